The lowest BCUT2D eigenvalue weighted by atomic mass is 10.4. The molecule has 1 N–H and O–H groups in total. The van der Waals surface area contributed by atoms with Crippen LogP contribution < -0.4 is 4.72 Å². The lowest BCUT2D eigenvalue weighted by Gasteiger charge is -2.10. The van der Waals surface area contributed by atoms with Gasteiger partial charge in [-0.3, -0.25) is 0 Å². The maximum absolute atomic E-state index is 12.3. The molecule has 0 unspecified atom stereocenters. The number of nitrogens with one attached hydrogen (secondary N) is 1. The Morgan fingerprint density at radius 3 is 2.52 bits per heavy atom. The quantitative estimate of drug-likeness (QED) is 0.817. The molecule has 0 aliphatic heterocycles. The molecule has 1 aromatic heterocycles. The predicted octanol–water partition coefficient (Wildman–Crippen LogP) is 2.85. The molecule has 0 spiro atoms. The molecule has 1 heterocycles. The number of sulfonamides is 1. The molecule has 114 valence electrons. The van der Waals surface area contributed by atoms with Crippen LogP contribution in [0.4, 0.5) is 0 Å². The van der Waals surface area contributed by atoms with E-state index in [9.17, 15) is 8.42 Å². The van der Waals surface area contributed by atoms with E-state index in [-0.39, 0.29) is 21.5 Å². The number of aromatic nitrogens is 3. The second kappa shape index (κ2) is 6.62. The zero-order chi connectivity index (χ0) is 15.6. The summed E-state index contributed by atoms with van der Waals surface area (Å²) in [5.74, 6) is 0.505. The molecule has 6 nitrogen and oxygen atoms in total. The maximum atomic E-state index is 12.3. The van der Waals surface area contributed by atoms with Gasteiger partial charge in [0.1, 0.15) is 17.0 Å². The van der Waals surface area contributed by atoms with Crippen LogP contribution in [0.1, 0.15) is 12.7 Å². The van der Waals surface area contributed by atoms with Gasteiger partial charge in [0.25, 0.3) is 0 Å². The maximum Gasteiger partial charge on any atom is 0.243 e. The summed E-state index contributed by atoms with van der Waals surface area (Å²) in [6.07, 6.45) is 1.53. The van der Waals surface area contributed by atoms with E-state index in [1.807, 2.05) is 6.92 Å². The molecule has 1 aromatic carbocycles. The average Bonchev–Trinajstić information content (AvgIpc) is 2.82. The van der Waals surface area contributed by atoms with Crippen molar-refractivity contribution < 1.29 is 8.42 Å². The van der Waals surface area contributed by atoms with Gasteiger partial charge in [-0.1, -0.05) is 39.1 Å². The predicted molar refractivity (Wildman–Crippen MR) is 83.9 cm³/mol. The first-order valence-electron chi connectivity index (χ1n) is 5.86. The monoisotopic (exact) mass is 412 g/mol. The van der Waals surface area contributed by atoms with Gasteiger partial charge >= 0.3 is 0 Å². The van der Waals surface area contributed by atoms with Crippen LogP contribution in [0, 0.1) is 0 Å². The van der Waals surface area contributed by atoms with E-state index in [0.29, 0.717) is 16.8 Å². The van der Waals surface area contributed by atoms with Crippen molar-refractivity contribution in [1.29, 1.82) is 0 Å². The molecular weight excluding hydrogens is 403 g/mol. The Kier molecular flexibility index (Phi) is 5.26. The van der Waals surface area contributed by atoms with Crippen LogP contribution in [0.15, 0.2) is 27.8 Å². The largest absolute Gasteiger partial charge is 0.317 e. The highest BCUT2D eigenvalue weighted by Gasteiger charge is 2.22. The Morgan fingerprint density at radius 1 is 1.33 bits per heavy atom. The Morgan fingerprint density at radius 2 is 1.95 bits per heavy atom. The lowest BCUT2D eigenvalue weighted by molar-refractivity contribution is 0.575. The van der Waals surface area contributed by atoms with Crippen LogP contribution in [-0.2, 0) is 23.1 Å². The first kappa shape index (κ1) is 16.7. The zero-order valence-electron chi connectivity index (χ0n) is 10.8. The van der Waals surface area contributed by atoms with E-state index >= 15 is 0 Å². The number of halogens is 3. The molecular formula is C11H11BrCl2N4O2S. The van der Waals surface area contributed by atoms with Gasteiger partial charge in [-0.25, -0.2) is 13.1 Å². The molecule has 0 amide bonds. The topological polar surface area (TPSA) is 76.9 Å². The molecule has 21 heavy (non-hydrogen) atoms. The number of rotatable bonds is 5. The minimum absolute atomic E-state index is 0.00110. The highest BCUT2D eigenvalue weighted by Crippen LogP contribution is 2.32. The highest BCUT2D eigenvalue weighted by atomic mass is 79.9. The van der Waals surface area contributed by atoms with E-state index in [0.717, 1.165) is 0 Å². The second-order valence-electron chi connectivity index (χ2n) is 4.06. The van der Waals surface area contributed by atoms with Crippen LogP contribution in [0.2, 0.25) is 10.0 Å². The van der Waals surface area contributed by atoms with Gasteiger partial charge in [0.2, 0.25) is 10.0 Å². The average molecular weight is 414 g/mol. The van der Waals surface area contributed by atoms with Crippen LogP contribution in [0.3, 0.4) is 0 Å². The third kappa shape index (κ3) is 3.75. The first-order valence-corrected chi connectivity index (χ1v) is 8.89. The second-order valence-corrected chi connectivity index (χ2v) is 7.49. The number of hydrogen-bond acceptors (Lipinski definition) is 4. The highest BCUT2D eigenvalue weighted by molar-refractivity contribution is 9.10. The van der Waals surface area contributed by atoms with Gasteiger partial charge in [0.05, 0.1) is 16.6 Å². The summed E-state index contributed by atoms with van der Waals surface area (Å²) in [6, 6.07) is 2.94. The van der Waals surface area contributed by atoms with Crippen molar-refractivity contribution in [2.45, 2.75) is 24.9 Å². The lowest BCUT2D eigenvalue weighted by Crippen LogP contribution is -2.25. The summed E-state index contributed by atoms with van der Waals surface area (Å²) < 4.78 is 29.4. The third-order valence-corrected chi connectivity index (χ3v) is 5.47. The summed E-state index contributed by atoms with van der Waals surface area (Å²) >= 11 is 15.1. The van der Waals surface area contributed by atoms with Gasteiger partial charge in [0, 0.05) is 11.0 Å². The Bertz CT molecular complexity index is 740. The fourth-order valence-electron chi connectivity index (χ4n) is 1.70. The van der Waals surface area contributed by atoms with Crippen LogP contribution in [-0.4, -0.2) is 23.2 Å². The Hall–Kier alpha value is -0.670. The van der Waals surface area contributed by atoms with E-state index < -0.39 is 10.0 Å². The molecule has 0 aliphatic carbocycles. The molecule has 0 saturated carbocycles. The molecule has 0 aliphatic rings. The minimum atomic E-state index is -3.86. The molecule has 0 radical (unpaired) electrons. The smallest absolute Gasteiger partial charge is 0.243 e. The number of aryl methyl sites for hydroxylation is 1. The molecule has 0 bridgehead atoms. The zero-order valence-corrected chi connectivity index (χ0v) is 14.8. The van der Waals surface area contributed by atoms with E-state index in [2.05, 4.69) is 30.8 Å². The molecule has 2 rings (SSSR count). The van der Waals surface area contributed by atoms with Crippen LogP contribution in [0.5, 0.6) is 0 Å². The third-order valence-electron chi connectivity index (χ3n) is 2.69. The Balaban J connectivity index is 2.27. The van der Waals surface area contributed by atoms with Crippen molar-refractivity contribution in [1.82, 2.24) is 19.5 Å². The van der Waals surface area contributed by atoms with Gasteiger partial charge in [0.15, 0.2) is 0 Å². The van der Waals surface area contributed by atoms with Crippen LogP contribution in [0.25, 0.3) is 0 Å². The summed E-state index contributed by atoms with van der Waals surface area (Å²) in [5, 5.41) is 7.67. The Labute approximate surface area is 140 Å². The number of benzene rings is 1. The summed E-state index contributed by atoms with van der Waals surface area (Å²) in [6.45, 7) is 2.55. The van der Waals surface area contributed by atoms with Gasteiger partial charge in [-0.05, 0) is 19.1 Å². The molecule has 0 saturated heterocycles. The van der Waals surface area contributed by atoms with E-state index in [1.54, 1.807) is 4.57 Å². The molecule has 10 heteroatoms. The van der Waals surface area contributed by atoms with Crippen LogP contribution >= 0.6 is 39.1 Å². The van der Waals surface area contributed by atoms with E-state index in [4.69, 9.17) is 23.2 Å². The standard InChI is InChI=1S/C11H11BrCl2N4O2S/c1-2-18-6-15-17-10(18)5-16-21(19,20)11-8(13)3-7(12)4-9(11)14/h3-4,6,16H,2,5H2,1H3. The van der Waals surface area contributed by atoms with Crippen molar-refractivity contribution >= 4 is 49.2 Å². The SMILES string of the molecule is CCn1cnnc1CNS(=O)(=O)c1c(Cl)cc(Br)cc1Cl. The number of nitrogens with zero attached hydrogens (tertiary/aromatic N) is 3. The normalized spacial score (nSPS) is 11.8. The van der Waals surface area contributed by atoms with Crippen molar-refractivity contribution in [2.75, 3.05) is 0 Å². The minimum Gasteiger partial charge on any atom is -0.317 e. The fraction of sp³-hybridized carbons (Fsp3) is 0.273. The van der Waals surface area contributed by atoms with Gasteiger partial charge in [-0.2, -0.15) is 0 Å². The van der Waals surface area contributed by atoms with Crippen molar-refractivity contribution in [3.05, 3.63) is 38.8 Å². The summed E-state index contributed by atoms with van der Waals surface area (Å²) in [7, 11) is -3.86. The van der Waals surface area contributed by atoms with Gasteiger partial charge < -0.3 is 4.57 Å². The molecule has 0 fully saturated rings. The summed E-state index contributed by atoms with van der Waals surface area (Å²) in [5.41, 5.74) is 0. The van der Waals surface area contributed by atoms with Crippen molar-refractivity contribution in [2.24, 2.45) is 0 Å². The van der Waals surface area contributed by atoms with Crippen molar-refractivity contribution in [3.8, 4) is 0 Å². The van der Waals surface area contributed by atoms with Gasteiger partial charge in [-0.15, -0.1) is 10.2 Å². The fourth-order valence-corrected chi connectivity index (χ4v) is 4.61. The summed E-state index contributed by atoms with van der Waals surface area (Å²) in [4.78, 5) is -0.156. The molecule has 2 aromatic rings. The first-order chi connectivity index (χ1) is 9.85. The number of hydrogen-bond donors (Lipinski definition) is 1. The van der Waals surface area contributed by atoms with Crippen molar-refractivity contribution in [3.63, 3.8) is 0 Å². The molecule has 0 atom stereocenters. The van der Waals surface area contributed by atoms with E-state index in [1.165, 1.54) is 18.5 Å².